The Labute approximate surface area is 143 Å². The number of nitrogens with one attached hydrogen (secondary N) is 1. The number of amides is 1. The zero-order valence-corrected chi connectivity index (χ0v) is 13.7. The van der Waals surface area contributed by atoms with E-state index in [0.29, 0.717) is 24.1 Å². The van der Waals surface area contributed by atoms with E-state index in [1.807, 2.05) is 24.3 Å². The Kier molecular flexibility index (Phi) is 3.93. The minimum Gasteiger partial charge on any atom is -0.493 e. The summed E-state index contributed by atoms with van der Waals surface area (Å²) in [6.45, 7) is 0.598. The van der Waals surface area contributed by atoms with E-state index < -0.39 is 0 Å². The van der Waals surface area contributed by atoms with Gasteiger partial charge in [0.2, 0.25) is 11.8 Å². The zero-order chi connectivity index (χ0) is 17.2. The van der Waals surface area contributed by atoms with Crippen LogP contribution in [0.2, 0.25) is 0 Å². The number of nitrogens with zero attached hydrogens (tertiary/aromatic N) is 4. The lowest BCUT2D eigenvalue weighted by molar-refractivity contribution is -0.115. The number of aryl methyl sites for hydroxylation is 1. The number of anilines is 1. The standard InChI is InChI=1S/C17H17N5O3/c1-22-15(6-8-18-22)20-16(23)10-14-19-17(25-21-14)12-7-9-24-13-5-3-2-4-11(12)13/h2-6,8,12H,7,9-10H2,1H3,(H,20,23). The predicted octanol–water partition coefficient (Wildman–Crippen LogP) is 1.90. The quantitative estimate of drug-likeness (QED) is 0.780. The third-order valence-electron chi connectivity index (χ3n) is 4.15. The number of ether oxygens (including phenoxy) is 1. The molecule has 0 radical (unpaired) electrons. The molecule has 4 rings (SSSR count). The normalized spacial score (nSPS) is 16.1. The number of benzene rings is 1. The second-order valence-corrected chi connectivity index (χ2v) is 5.84. The van der Waals surface area contributed by atoms with Gasteiger partial charge >= 0.3 is 0 Å². The summed E-state index contributed by atoms with van der Waals surface area (Å²) in [6.07, 6.45) is 2.42. The maximum Gasteiger partial charge on any atom is 0.234 e. The van der Waals surface area contributed by atoms with Gasteiger partial charge in [0.1, 0.15) is 11.6 Å². The number of aromatic nitrogens is 4. The van der Waals surface area contributed by atoms with Crippen molar-refractivity contribution in [1.29, 1.82) is 0 Å². The lowest BCUT2D eigenvalue weighted by atomic mass is 9.93. The van der Waals surface area contributed by atoms with Gasteiger partial charge in [-0.05, 0) is 12.5 Å². The first-order valence-electron chi connectivity index (χ1n) is 8.03. The van der Waals surface area contributed by atoms with Gasteiger partial charge in [0, 0.05) is 18.7 Å². The van der Waals surface area contributed by atoms with Gasteiger partial charge < -0.3 is 14.6 Å². The van der Waals surface area contributed by atoms with Crippen molar-refractivity contribution in [2.45, 2.75) is 18.8 Å². The third-order valence-corrected chi connectivity index (χ3v) is 4.15. The van der Waals surface area contributed by atoms with Crippen LogP contribution in [0.5, 0.6) is 5.75 Å². The van der Waals surface area contributed by atoms with Crippen LogP contribution in [0.25, 0.3) is 0 Å². The summed E-state index contributed by atoms with van der Waals surface area (Å²) in [5.74, 6) is 2.10. The topological polar surface area (TPSA) is 95.1 Å². The molecule has 1 aliphatic rings. The van der Waals surface area contributed by atoms with Crippen LogP contribution >= 0.6 is 0 Å². The average molecular weight is 339 g/mol. The molecule has 1 atom stereocenters. The molecule has 1 aromatic carbocycles. The van der Waals surface area contributed by atoms with Gasteiger partial charge in [-0.15, -0.1) is 0 Å². The molecule has 1 N–H and O–H groups in total. The number of hydrogen-bond donors (Lipinski definition) is 1. The van der Waals surface area contributed by atoms with Gasteiger partial charge in [-0.3, -0.25) is 9.48 Å². The Morgan fingerprint density at radius 3 is 3.08 bits per heavy atom. The van der Waals surface area contributed by atoms with Crippen LogP contribution in [0.3, 0.4) is 0 Å². The average Bonchev–Trinajstić information content (AvgIpc) is 3.24. The Balaban J connectivity index is 1.48. The summed E-state index contributed by atoms with van der Waals surface area (Å²) in [4.78, 5) is 16.5. The van der Waals surface area contributed by atoms with E-state index in [2.05, 4.69) is 20.6 Å². The highest BCUT2D eigenvalue weighted by Crippen LogP contribution is 2.37. The molecular weight excluding hydrogens is 322 g/mol. The molecule has 0 fully saturated rings. The highest BCUT2D eigenvalue weighted by Gasteiger charge is 2.27. The monoisotopic (exact) mass is 339 g/mol. The van der Waals surface area contributed by atoms with Crippen molar-refractivity contribution in [2.24, 2.45) is 7.05 Å². The molecule has 128 valence electrons. The van der Waals surface area contributed by atoms with Crippen LogP contribution in [0, 0.1) is 0 Å². The summed E-state index contributed by atoms with van der Waals surface area (Å²) in [5.41, 5.74) is 1.03. The maximum atomic E-state index is 12.1. The van der Waals surface area contributed by atoms with E-state index in [0.717, 1.165) is 17.7 Å². The molecule has 0 aliphatic carbocycles. The SMILES string of the molecule is Cn1nccc1NC(=O)Cc1noc(C2CCOc3ccccc32)n1. The van der Waals surface area contributed by atoms with Crippen molar-refractivity contribution >= 4 is 11.7 Å². The fourth-order valence-corrected chi connectivity index (χ4v) is 2.91. The largest absolute Gasteiger partial charge is 0.493 e. The molecule has 1 aliphatic heterocycles. The fraction of sp³-hybridized carbons (Fsp3) is 0.294. The Morgan fingerprint density at radius 2 is 2.24 bits per heavy atom. The fourth-order valence-electron chi connectivity index (χ4n) is 2.91. The van der Waals surface area contributed by atoms with Gasteiger partial charge in [-0.1, -0.05) is 23.4 Å². The Morgan fingerprint density at radius 1 is 1.36 bits per heavy atom. The molecular formula is C17H17N5O3. The van der Waals surface area contributed by atoms with Crippen molar-refractivity contribution in [2.75, 3.05) is 11.9 Å². The zero-order valence-electron chi connectivity index (χ0n) is 13.7. The minimum absolute atomic E-state index is 0.00802. The summed E-state index contributed by atoms with van der Waals surface area (Å²) in [5, 5.41) is 10.7. The molecule has 0 spiro atoms. The van der Waals surface area contributed by atoms with E-state index in [9.17, 15) is 4.79 Å². The van der Waals surface area contributed by atoms with Gasteiger partial charge in [-0.2, -0.15) is 10.1 Å². The summed E-state index contributed by atoms with van der Waals surface area (Å²) < 4.78 is 12.6. The van der Waals surface area contributed by atoms with Gasteiger partial charge in [0.05, 0.1) is 25.1 Å². The van der Waals surface area contributed by atoms with Gasteiger partial charge in [0.25, 0.3) is 0 Å². The van der Waals surface area contributed by atoms with E-state index in [1.54, 1.807) is 24.0 Å². The molecule has 0 saturated heterocycles. The van der Waals surface area contributed by atoms with Crippen LogP contribution in [0.1, 0.15) is 29.6 Å². The number of carbonyl (C=O) groups excluding carboxylic acids is 1. The first kappa shape index (κ1) is 15.4. The second kappa shape index (κ2) is 6.39. The van der Waals surface area contributed by atoms with Crippen LogP contribution in [0.15, 0.2) is 41.1 Å². The summed E-state index contributed by atoms with van der Waals surface area (Å²) in [7, 11) is 1.75. The highest BCUT2D eigenvalue weighted by atomic mass is 16.5. The van der Waals surface area contributed by atoms with Crippen LogP contribution in [0.4, 0.5) is 5.82 Å². The Bertz CT molecular complexity index is 901. The molecule has 1 unspecified atom stereocenters. The molecule has 0 bridgehead atoms. The van der Waals surface area contributed by atoms with Gasteiger partial charge in [-0.25, -0.2) is 0 Å². The van der Waals surface area contributed by atoms with Crippen LogP contribution in [-0.4, -0.2) is 32.4 Å². The molecule has 25 heavy (non-hydrogen) atoms. The van der Waals surface area contributed by atoms with E-state index >= 15 is 0 Å². The number of rotatable bonds is 4. The van der Waals surface area contributed by atoms with Crippen molar-refractivity contribution in [3.8, 4) is 5.75 Å². The first-order chi connectivity index (χ1) is 12.2. The molecule has 3 heterocycles. The number of carbonyl (C=O) groups is 1. The number of hydrogen-bond acceptors (Lipinski definition) is 6. The minimum atomic E-state index is -0.219. The molecule has 1 amide bonds. The van der Waals surface area contributed by atoms with Crippen LogP contribution < -0.4 is 10.1 Å². The van der Waals surface area contributed by atoms with Crippen molar-refractivity contribution < 1.29 is 14.1 Å². The molecule has 2 aromatic heterocycles. The predicted molar refractivity (Wildman–Crippen MR) is 88.2 cm³/mol. The second-order valence-electron chi connectivity index (χ2n) is 5.84. The lowest BCUT2D eigenvalue weighted by Gasteiger charge is -2.22. The third kappa shape index (κ3) is 3.10. The maximum absolute atomic E-state index is 12.1. The van der Waals surface area contributed by atoms with E-state index in [1.165, 1.54) is 0 Å². The van der Waals surface area contributed by atoms with E-state index in [-0.39, 0.29) is 18.2 Å². The first-order valence-corrected chi connectivity index (χ1v) is 8.03. The highest BCUT2D eigenvalue weighted by molar-refractivity contribution is 5.90. The molecule has 3 aromatic rings. The number of fused-ring (bicyclic) bond motifs is 1. The smallest absolute Gasteiger partial charge is 0.234 e. The summed E-state index contributed by atoms with van der Waals surface area (Å²) >= 11 is 0. The van der Waals surface area contributed by atoms with Crippen molar-refractivity contribution in [3.05, 3.63) is 53.8 Å². The lowest BCUT2D eigenvalue weighted by Crippen LogP contribution is -2.18. The Hall–Kier alpha value is -3.16. The molecule has 0 saturated carbocycles. The summed E-state index contributed by atoms with van der Waals surface area (Å²) in [6, 6.07) is 9.54. The molecule has 8 nitrogen and oxygen atoms in total. The van der Waals surface area contributed by atoms with Gasteiger partial charge in [0.15, 0.2) is 5.82 Å². The number of para-hydroxylation sites is 1. The van der Waals surface area contributed by atoms with Crippen molar-refractivity contribution in [1.82, 2.24) is 19.9 Å². The molecule has 8 heteroatoms. The van der Waals surface area contributed by atoms with Crippen LogP contribution in [-0.2, 0) is 18.3 Å². The van der Waals surface area contributed by atoms with Crippen molar-refractivity contribution in [3.63, 3.8) is 0 Å². The van der Waals surface area contributed by atoms with E-state index in [4.69, 9.17) is 9.26 Å².